The molecule has 106 valence electrons. The molecule has 0 spiro atoms. The van der Waals surface area contributed by atoms with E-state index in [1.54, 1.807) is 0 Å². The summed E-state index contributed by atoms with van der Waals surface area (Å²) in [5.74, 6) is 3.50. The van der Waals surface area contributed by atoms with Gasteiger partial charge in [-0.2, -0.15) is 0 Å². The number of aromatic nitrogens is 2. The highest BCUT2D eigenvalue weighted by Gasteiger charge is 2.14. The summed E-state index contributed by atoms with van der Waals surface area (Å²) < 4.78 is 0. The van der Waals surface area contributed by atoms with Gasteiger partial charge in [-0.3, -0.25) is 0 Å². The Bertz CT molecular complexity index is 397. The third-order valence-corrected chi connectivity index (χ3v) is 3.85. The molecule has 1 saturated carbocycles. The molecule has 19 heavy (non-hydrogen) atoms. The van der Waals surface area contributed by atoms with Crippen LogP contribution in [0.15, 0.2) is 6.07 Å². The molecule has 3 N–H and O–H groups in total. The summed E-state index contributed by atoms with van der Waals surface area (Å²) in [6.45, 7) is 5.14. The predicted molar refractivity (Wildman–Crippen MR) is 80.2 cm³/mol. The average molecular weight is 262 g/mol. The lowest BCUT2D eigenvalue weighted by atomic mass is 10.0. The molecule has 1 aromatic rings. The van der Waals surface area contributed by atoms with E-state index < -0.39 is 0 Å². The summed E-state index contributed by atoms with van der Waals surface area (Å²) in [5.41, 5.74) is 5.81. The first-order valence-corrected chi connectivity index (χ1v) is 7.53. The van der Waals surface area contributed by atoms with Gasteiger partial charge in [0.2, 0.25) is 0 Å². The minimum atomic E-state index is 0.308. The second-order valence-corrected chi connectivity index (χ2v) is 5.91. The fourth-order valence-electron chi connectivity index (χ4n) is 2.74. The molecule has 0 saturated heterocycles. The van der Waals surface area contributed by atoms with Gasteiger partial charge in [0.1, 0.15) is 17.5 Å². The maximum Gasteiger partial charge on any atom is 0.135 e. The lowest BCUT2D eigenvalue weighted by molar-refractivity contribution is 0.491. The van der Waals surface area contributed by atoms with Crippen LogP contribution in [0.25, 0.3) is 0 Å². The molecule has 1 aliphatic rings. The van der Waals surface area contributed by atoms with Crippen molar-refractivity contribution < 1.29 is 0 Å². The standard InChI is InChI=1S/C15H26N4/c1-11(2)15-18-13(16)10-14(19-15)17-9-5-8-12-6-3-4-7-12/h10-12H,3-9H2,1-2H3,(H3,16,17,18,19). The fraction of sp³-hybridized carbons (Fsp3) is 0.733. The largest absolute Gasteiger partial charge is 0.384 e. The van der Waals surface area contributed by atoms with Gasteiger partial charge in [0.25, 0.3) is 0 Å². The Hall–Kier alpha value is -1.32. The molecule has 1 aromatic heterocycles. The van der Waals surface area contributed by atoms with Gasteiger partial charge in [-0.25, -0.2) is 9.97 Å². The van der Waals surface area contributed by atoms with Crippen molar-refractivity contribution in [1.29, 1.82) is 0 Å². The highest BCUT2D eigenvalue weighted by molar-refractivity contribution is 5.44. The zero-order valence-electron chi connectivity index (χ0n) is 12.2. The first kappa shape index (κ1) is 14.1. The van der Waals surface area contributed by atoms with Crippen molar-refractivity contribution >= 4 is 11.6 Å². The summed E-state index contributed by atoms with van der Waals surface area (Å²) in [6, 6.07) is 1.82. The van der Waals surface area contributed by atoms with E-state index in [0.717, 1.165) is 24.1 Å². The van der Waals surface area contributed by atoms with Crippen molar-refractivity contribution in [3.05, 3.63) is 11.9 Å². The topological polar surface area (TPSA) is 63.8 Å². The minimum Gasteiger partial charge on any atom is -0.384 e. The third kappa shape index (κ3) is 4.37. The molecule has 2 rings (SSSR count). The Kier molecular flexibility index (Phi) is 5.00. The quantitative estimate of drug-likeness (QED) is 0.769. The summed E-state index contributed by atoms with van der Waals surface area (Å²) in [4.78, 5) is 8.75. The minimum absolute atomic E-state index is 0.308. The van der Waals surface area contributed by atoms with Gasteiger partial charge >= 0.3 is 0 Å². The average Bonchev–Trinajstić information content (AvgIpc) is 2.87. The van der Waals surface area contributed by atoms with E-state index in [4.69, 9.17) is 5.73 Å². The molecule has 0 aromatic carbocycles. The SMILES string of the molecule is CC(C)c1nc(N)cc(NCCCC2CCCC2)n1. The van der Waals surface area contributed by atoms with Crippen LogP contribution in [0.2, 0.25) is 0 Å². The van der Waals surface area contributed by atoms with Gasteiger partial charge in [0, 0.05) is 18.5 Å². The van der Waals surface area contributed by atoms with Gasteiger partial charge < -0.3 is 11.1 Å². The van der Waals surface area contributed by atoms with E-state index in [1.165, 1.54) is 38.5 Å². The lowest BCUT2D eigenvalue weighted by Gasteiger charge is -2.11. The van der Waals surface area contributed by atoms with Crippen LogP contribution in [-0.4, -0.2) is 16.5 Å². The van der Waals surface area contributed by atoms with Crippen molar-refractivity contribution in [2.24, 2.45) is 5.92 Å². The van der Waals surface area contributed by atoms with Crippen LogP contribution in [0.3, 0.4) is 0 Å². The summed E-state index contributed by atoms with van der Waals surface area (Å²) in [6.07, 6.45) is 8.27. The Balaban J connectivity index is 1.78. The van der Waals surface area contributed by atoms with E-state index in [-0.39, 0.29) is 0 Å². The molecule has 1 aliphatic carbocycles. The zero-order valence-corrected chi connectivity index (χ0v) is 12.2. The monoisotopic (exact) mass is 262 g/mol. The van der Waals surface area contributed by atoms with Crippen LogP contribution in [0.1, 0.15) is 64.1 Å². The third-order valence-electron chi connectivity index (χ3n) is 3.85. The van der Waals surface area contributed by atoms with Crippen LogP contribution in [-0.2, 0) is 0 Å². The molecule has 0 bridgehead atoms. The highest BCUT2D eigenvalue weighted by Crippen LogP contribution is 2.28. The van der Waals surface area contributed by atoms with E-state index in [0.29, 0.717) is 11.7 Å². The molecule has 1 heterocycles. The number of hydrogen-bond donors (Lipinski definition) is 2. The number of anilines is 2. The summed E-state index contributed by atoms with van der Waals surface area (Å²) in [5, 5.41) is 3.37. The maximum atomic E-state index is 5.81. The number of nitrogen functional groups attached to an aromatic ring is 1. The van der Waals surface area contributed by atoms with E-state index in [2.05, 4.69) is 29.1 Å². The number of hydrogen-bond acceptors (Lipinski definition) is 4. The van der Waals surface area contributed by atoms with E-state index >= 15 is 0 Å². The highest BCUT2D eigenvalue weighted by atomic mass is 15.0. The van der Waals surface area contributed by atoms with Crippen molar-refractivity contribution in [2.45, 2.75) is 58.3 Å². The van der Waals surface area contributed by atoms with Crippen molar-refractivity contribution in [3.63, 3.8) is 0 Å². The van der Waals surface area contributed by atoms with E-state index in [9.17, 15) is 0 Å². The molecular formula is C15H26N4. The Morgan fingerprint density at radius 1 is 1.32 bits per heavy atom. The second-order valence-electron chi connectivity index (χ2n) is 5.91. The van der Waals surface area contributed by atoms with Crippen LogP contribution >= 0.6 is 0 Å². The van der Waals surface area contributed by atoms with Gasteiger partial charge in [-0.15, -0.1) is 0 Å². The first-order valence-electron chi connectivity index (χ1n) is 7.53. The number of rotatable bonds is 6. The molecule has 4 heteroatoms. The van der Waals surface area contributed by atoms with Gasteiger partial charge in [0.15, 0.2) is 0 Å². The summed E-state index contributed by atoms with van der Waals surface area (Å²) in [7, 11) is 0. The maximum absolute atomic E-state index is 5.81. The normalized spacial score (nSPS) is 16.2. The molecule has 4 nitrogen and oxygen atoms in total. The van der Waals surface area contributed by atoms with Gasteiger partial charge in [0.05, 0.1) is 0 Å². The van der Waals surface area contributed by atoms with Crippen LogP contribution in [0, 0.1) is 5.92 Å². The Morgan fingerprint density at radius 3 is 2.74 bits per heavy atom. The number of nitrogens with zero attached hydrogens (tertiary/aromatic N) is 2. The molecule has 0 aliphatic heterocycles. The molecule has 0 amide bonds. The Labute approximate surface area is 116 Å². The van der Waals surface area contributed by atoms with Gasteiger partial charge in [-0.05, 0) is 18.8 Å². The molecule has 0 atom stereocenters. The van der Waals surface area contributed by atoms with Crippen LogP contribution in [0.5, 0.6) is 0 Å². The molecule has 1 fully saturated rings. The van der Waals surface area contributed by atoms with Crippen LogP contribution in [0.4, 0.5) is 11.6 Å². The van der Waals surface area contributed by atoms with E-state index in [1.807, 2.05) is 6.07 Å². The van der Waals surface area contributed by atoms with Crippen LogP contribution < -0.4 is 11.1 Å². The zero-order chi connectivity index (χ0) is 13.7. The van der Waals surface area contributed by atoms with Crippen molar-refractivity contribution in [1.82, 2.24) is 9.97 Å². The van der Waals surface area contributed by atoms with Crippen molar-refractivity contribution in [2.75, 3.05) is 17.6 Å². The fourth-order valence-corrected chi connectivity index (χ4v) is 2.74. The molecule has 0 radical (unpaired) electrons. The predicted octanol–water partition coefficient (Wildman–Crippen LogP) is 3.56. The molecule has 0 unspecified atom stereocenters. The molecular weight excluding hydrogens is 236 g/mol. The number of nitrogens with two attached hydrogens (primary N) is 1. The smallest absolute Gasteiger partial charge is 0.135 e. The lowest BCUT2D eigenvalue weighted by Crippen LogP contribution is -2.09. The number of nitrogens with one attached hydrogen (secondary N) is 1. The second kappa shape index (κ2) is 6.73. The van der Waals surface area contributed by atoms with Gasteiger partial charge in [-0.1, -0.05) is 39.5 Å². The Morgan fingerprint density at radius 2 is 2.05 bits per heavy atom. The van der Waals surface area contributed by atoms with Crippen molar-refractivity contribution in [3.8, 4) is 0 Å². The first-order chi connectivity index (χ1) is 9.15. The summed E-state index contributed by atoms with van der Waals surface area (Å²) >= 11 is 0.